The maximum atomic E-state index is 12.4. The highest BCUT2D eigenvalue weighted by Crippen LogP contribution is 2.03. The summed E-state index contributed by atoms with van der Waals surface area (Å²) < 4.78 is 0. The summed E-state index contributed by atoms with van der Waals surface area (Å²) in [4.78, 5) is 58.1. The lowest BCUT2D eigenvalue weighted by Crippen LogP contribution is -2.56. The molecule has 0 aromatic rings. The molecule has 0 fully saturated rings. The second-order valence-electron chi connectivity index (χ2n) is 5.86. The van der Waals surface area contributed by atoms with E-state index in [-0.39, 0.29) is 12.2 Å². The number of hydrogen-bond acceptors (Lipinski definition) is 8. The number of nitrogens with one attached hydrogen (secondary N) is 3. The van der Waals surface area contributed by atoms with Crippen molar-refractivity contribution in [1.82, 2.24) is 16.0 Å². The summed E-state index contributed by atoms with van der Waals surface area (Å²) in [5.74, 6) is -4.35. The average Bonchev–Trinajstić information content (AvgIpc) is 2.61. The number of rotatable bonds is 13. The van der Waals surface area contributed by atoms with Crippen LogP contribution in [0, 0.1) is 0 Å². The Morgan fingerprint density at radius 1 is 1.00 bits per heavy atom. The number of carbonyl (C=O) groups is 5. The normalized spacial score (nSPS) is 14.9. The Labute approximate surface area is 172 Å². The smallest absolute Gasteiger partial charge is 0.327 e. The topological polar surface area (TPSA) is 188 Å². The molecule has 0 aliphatic heterocycles. The van der Waals surface area contributed by atoms with Gasteiger partial charge in [-0.25, -0.2) is 4.79 Å². The SMILES string of the molecule is CSCCC(NC(=O)C(N)CC(=O)O)C(=O)NC(C)C(=O)NC(CS)C(=O)O. The molecule has 4 unspecified atom stereocenters. The first-order valence-corrected chi connectivity index (χ1v) is 10.3. The van der Waals surface area contributed by atoms with Gasteiger partial charge in [0.05, 0.1) is 12.5 Å². The summed E-state index contributed by atoms with van der Waals surface area (Å²) in [6, 6.07) is -4.64. The fourth-order valence-electron chi connectivity index (χ4n) is 1.93. The second-order valence-corrected chi connectivity index (χ2v) is 7.21. The van der Waals surface area contributed by atoms with Crippen LogP contribution in [0.4, 0.5) is 0 Å². The van der Waals surface area contributed by atoms with Crippen LogP contribution in [0.15, 0.2) is 0 Å². The zero-order valence-electron chi connectivity index (χ0n) is 15.5. The minimum absolute atomic E-state index is 0.129. The first kappa shape index (κ1) is 26.0. The lowest BCUT2D eigenvalue weighted by Gasteiger charge is -2.23. The fourth-order valence-corrected chi connectivity index (χ4v) is 2.64. The fraction of sp³-hybridized carbons (Fsp3) is 0.667. The van der Waals surface area contributed by atoms with Crippen molar-refractivity contribution in [1.29, 1.82) is 0 Å². The lowest BCUT2D eigenvalue weighted by molar-refractivity contribution is -0.141. The molecular weight excluding hydrogens is 412 g/mol. The van der Waals surface area contributed by atoms with E-state index in [0.29, 0.717) is 5.75 Å². The molecule has 0 rings (SSSR count). The monoisotopic (exact) mass is 438 g/mol. The van der Waals surface area contributed by atoms with E-state index in [1.807, 2.05) is 0 Å². The molecule has 28 heavy (non-hydrogen) atoms. The summed E-state index contributed by atoms with van der Waals surface area (Å²) in [5, 5.41) is 24.6. The standard InChI is InChI=1S/C15H26N4O7S2/c1-7(12(22)19-10(6-27)15(25)26)17-14(24)9(3-4-28-2)18-13(23)8(16)5-11(20)21/h7-10,27H,3-6,16H2,1-2H3,(H,17,24)(H,18,23)(H,19,22)(H,20,21)(H,25,26). The van der Waals surface area contributed by atoms with Crippen LogP contribution in [0.1, 0.15) is 19.8 Å². The number of carboxylic acids is 2. The van der Waals surface area contributed by atoms with Crippen LogP contribution in [-0.2, 0) is 24.0 Å². The molecule has 0 spiro atoms. The Hall–Kier alpha value is -1.99. The highest BCUT2D eigenvalue weighted by atomic mass is 32.2. The maximum Gasteiger partial charge on any atom is 0.327 e. The molecule has 0 aromatic carbocycles. The molecule has 0 aliphatic rings. The van der Waals surface area contributed by atoms with E-state index in [1.54, 1.807) is 6.26 Å². The first-order chi connectivity index (χ1) is 13.0. The molecule has 0 bridgehead atoms. The Bertz CT molecular complexity index is 591. The molecule has 0 heterocycles. The van der Waals surface area contributed by atoms with Crippen molar-refractivity contribution in [3.8, 4) is 0 Å². The van der Waals surface area contributed by atoms with Crippen LogP contribution in [-0.4, -0.2) is 81.8 Å². The summed E-state index contributed by atoms with van der Waals surface area (Å²) >= 11 is 5.26. The van der Waals surface area contributed by atoms with Crippen molar-refractivity contribution in [3.63, 3.8) is 0 Å². The van der Waals surface area contributed by atoms with E-state index in [4.69, 9.17) is 15.9 Å². The van der Waals surface area contributed by atoms with Gasteiger partial charge in [-0.05, 0) is 25.4 Å². The van der Waals surface area contributed by atoms with E-state index in [0.717, 1.165) is 0 Å². The van der Waals surface area contributed by atoms with E-state index < -0.39 is 60.2 Å². The van der Waals surface area contributed by atoms with Gasteiger partial charge in [0.1, 0.15) is 18.1 Å². The third-order valence-electron chi connectivity index (χ3n) is 3.52. The van der Waals surface area contributed by atoms with Gasteiger partial charge in [-0.2, -0.15) is 24.4 Å². The first-order valence-electron chi connectivity index (χ1n) is 8.24. The van der Waals surface area contributed by atoms with Gasteiger partial charge < -0.3 is 31.9 Å². The van der Waals surface area contributed by atoms with Crippen LogP contribution in [0.3, 0.4) is 0 Å². The van der Waals surface area contributed by atoms with Crippen molar-refractivity contribution in [3.05, 3.63) is 0 Å². The van der Waals surface area contributed by atoms with Gasteiger partial charge in [-0.3, -0.25) is 19.2 Å². The van der Waals surface area contributed by atoms with Crippen molar-refractivity contribution in [2.75, 3.05) is 17.8 Å². The summed E-state index contributed by atoms with van der Waals surface area (Å²) in [6.07, 6.45) is 1.43. The molecule has 0 aliphatic carbocycles. The molecule has 0 saturated carbocycles. The van der Waals surface area contributed by atoms with E-state index >= 15 is 0 Å². The molecule has 0 aromatic heterocycles. The zero-order chi connectivity index (χ0) is 21.9. The van der Waals surface area contributed by atoms with Crippen LogP contribution in [0.25, 0.3) is 0 Å². The molecule has 0 radical (unpaired) electrons. The number of nitrogens with two attached hydrogens (primary N) is 1. The highest BCUT2D eigenvalue weighted by molar-refractivity contribution is 7.98. The largest absolute Gasteiger partial charge is 0.481 e. The number of thiol groups is 1. The second kappa shape index (κ2) is 13.2. The number of thioether (sulfide) groups is 1. The predicted molar refractivity (Wildman–Crippen MR) is 106 cm³/mol. The molecular formula is C15H26N4O7S2. The zero-order valence-corrected chi connectivity index (χ0v) is 17.2. The Kier molecular flexibility index (Phi) is 12.3. The molecule has 4 atom stereocenters. The number of hydrogen-bond donors (Lipinski definition) is 7. The molecule has 3 amide bonds. The minimum Gasteiger partial charge on any atom is -0.481 e. The Morgan fingerprint density at radius 3 is 2.04 bits per heavy atom. The van der Waals surface area contributed by atoms with Gasteiger partial charge in [0.15, 0.2) is 0 Å². The number of amides is 3. The molecule has 160 valence electrons. The number of carboxylic acid groups (broad SMARTS) is 2. The van der Waals surface area contributed by atoms with Gasteiger partial charge in [0, 0.05) is 5.75 Å². The van der Waals surface area contributed by atoms with Gasteiger partial charge in [-0.15, -0.1) is 0 Å². The van der Waals surface area contributed by atoms with Crippen LogP contribution in [0.5, 0.6) is 0 Å². The van der Waals surface area contributed by atoms with Crippen molar-refractivity contribution < 1.29 is 34.2 Å². The third kappa shape index (κ3) is 9.80. The average molecular weight is 439 g/mol. The maximum absolute atomic E-state index is 12.4. The van der Waals surface area contributed by atoms with Crippen molar-refractivity contribution in [2.45, 2.75) is 43.9 Å². The van der Waals surface area contributed by atoms with Gasteiger partial charge in [-0.1, -0.05) is 0 Å². The van der Waals surface area contributed by atoms with Crippen LogP contribution >= 0.6 is 24.4 Å². The molecule has 0 saturated heterocycles. The molecule has 7 N–H and O–H groups in total. The molecule has 11 nitrogen and oxygen atoms in total. The Morgan fingerprint density at radius 2 is 1.57 bits per heavy atom. The third-order valence-corrected chi connectivity index (χ3v) is 4.53. The Balaban J connectivity index is 4.95. The van der Waals surface area contributed by atoms with Gasteiger partial charge in [0.2, 0.25) is 17.7 Å². The van der Waals surface area contributed by atoms with E-state index in [1.165, 1.54) is 18.7 Å². The van der Waals surface area contributed by atoms with Crippen molar-refractivity contribution >= 4 is 54.1 Å². The summed E-state index contributed by atoms with van der Waals surface area (Å²) in [6.45, 7) is 1.36. The lowest BCUT2D eigenvalue weighted by atomic mass is 10.1. The predicted octanol–water partition coefficient (Wildman–Crippen LogP) is -1.97. The van der Waals surface area contributed by atoms with Crippen LogP contribution in [0.2, 0.25) is 0 Å². The number of carbonyl (C=O) groups excluding carboxylic acids is 3. The summed E-state index contributed by atoms with van der Waals surface area (Å²) in [5.41, 5.74) is 5.49. The van der Waals surface area contributed by atoms with Gasteiger partial charge in [0.25, 0.3) is 0 Å². The van der Waals surface area contributed by atoms with E-state index in [2.05, 4.69) is 28.6 Å². The van der Waals surface area contributed by atoms with E-state index in [9.17, 15) is 24.0 Å². The molecule has 13 heteroatoms. The number of aliphatic carboxylic acids is 2. The minimum atomic E-state index is -1.32. The van der Waals surface area contributed by atoms with Gasteiger partial charge >= 0.3 is 11.9 Å². The van der Waals surface area contributed by atoms with Crippen LogP contribution < -0.4 is 21.7 Å². The quantitative estimate of drug-likeness (QED) is 0.160. The summed E-state index contributed by atoms with van der Waals surface area (Å²) in [7, 11) is 0. The van der Waals surface area contributed by atoms with Crippen molar-refractivity contribution in [2.24, 2.45) is 5.73 Å². The highest BCUT2D eigenvalue weighted by Gasteiger charge is 2.28.